The number of hydrogen-bond acceptors (Lipinski definition) is 1. The molecule has 2 aliphatic carbocycles. The number of para-hydroxylation sites is 2. The molecule has 63 heavy (non-hydrogen) atoms. The molecule has 0 fully saturated rings. The average molecular weight is 801 g/mol. The van der Waals surface area contributed by atoms with Crippen LogP contribution in [-0.2, 0) is 5.41 Å². The molecule has 11 aromatic rings. The summed E-state index contributed by atoms with van der Waals surface area (Å²) < 4.78 is 2.54. The maximum absolute atomic E-state index is 2.54. The number of nitrogens with zero attached hydrogens (tertiary/aromatic N) is 2. The predicted octanol–water partition coefficient (Wildman–Crippen LogP) is 15.9. The monoisotopic (exact) mass is 800 g/mol. The van der Waals surface area contributed by atoms with Gasteiger partial charge in [-0.15, -0.1) is 0 Å². The Balaban J connectivity index is 1.08. The Kier molecular flexibility index (Phi) is 7.85. The summed E-state index contributed by atoms with van der Waals surface area (Å²) in [6.07, 6.45) is 0. The highest BCUT2D eigenvalue weighted by Crippen LogP contribution is 2.63. The second-order valence-electron chi connectivity index (χ2n) is 16.8. The molecule has 0 aliphatic heterocycles. The molecule has 0 saturated carbocycles. The van der Waals surface area contributed by atoms with Crippen LogP contribution in [0.2, 0.25) is 0 Å². The molecule has 0 atom stereocenters. The van der Waals surface area contributed by atoms with Crippen molar-refractivity contribution in [2.24, 2.45) is 0 Å². The average Bonchev–Trinajstić information content (AvgIpc) is 3.97. The van der Waals surface area contributed by atoms with Crippen molar-refractivity contribution >= 4 is 38.9 Å². The fourth-order valence-electron chi connectivity index (χ4n) is 11.1. The lowest BCUT2D eigenvalue weighted by Crippen LogP contribution is -2.25. The van der Waals surface area contributed by atoms with Crippen molar-refractivity contribution in [2.45, 2.75) is 5.41 Å². The number of benzene rings is 10. The van der Waals surface area contributed by atoms with Crippen molar-refractivity contribution in [3.8, 4) is 50.2 Å². The molecule has 13 rings (SSSR count). The van der Waals surface area contributed by atoms with Crippen LogP contribution in [-0.4, -0.2) is 4.57 Å². The molecule has 1 spiro atoms. The van der Waals surface area contributed by atoms with Gasteiger partial charge in [-0.2, -0.15) is 0 Å². The standard InChI is InChI=1S/C61H40N2/c1-3-18-41(19-4-1)42-34-36-44(37-35-42)62(56-31-15-10-22-46(56)43-20-5-2-6-21-43)45-38-39-50-49-25-11-16-32-57(49)63(59(50)40-45)58-33-17-30-55-60(58)51-26-9-14-29-54(51)61(55)52-27-12-7-23-47(52)48-24-8-13-28-53(48)61/h1-40H. The lowest BCUT2D eigenvalue weighted by Gasteiger charge is -2.30. The molecule has 0 bridgehead atoms. The predicted molar refractivity (Wildman–Crippen MR) is 263 cm³/mol. The van der Waals surface area contributed by atoms with Crippen molar-refractivity contribution in [3.63, 3.8) is 0 Å². The van der Waals surface area contributed by atoms with Gasteiger partial charge in [-0.25, -0.2) is 0 Å². The topological polar surface area (TPSA) is 8.17 Å². The Morgan fingerprint density at radius 2 is 0.825 bits per heavy atom. The maximum Gasteiger partial charge on any atom is 0.0726 e. The van der Waals surface area contributed by atoms with E-state index in [2.05, 4.69) is 252 Å². The molecule has 1 heterocycles. The Labute approximate surface area is 367 Å². The summed E-state index contributed by atoms with van der Waals surface area (Å²) in [6, 6.07) is 89.4. The number of aromatic nitrogens is 1. The van der Waals surface area contributed by atoms with E-state index >= 15 is 0 Å². The van der Waals surface area contributed by atoms with Crippen LogP contribution < -0.4 is 4.90 Å². The van der Waals surface area contributed by atoms with E-state index in [1.54, 1.807) is 0 Å². The van der Waals surface area contributed by atoms with Crippen molar-refractivity contribution in [1.29, 1.82) is 0 Å². The number of fused-ring (bicyclic) bond motifs is 13. The van der Waals surface area contributed by atoms with Crippen LogP contribution in [0.5, 0.6) is 0 Å². The van der Waals surface area contributed by atoms with E-state index < -0.39 is 5.41 Å². The summed E-state index contributed by atoms with van der Waals surface area (Å²) in [5.41, 5.74) is 21.7. The second kappa shape index (κ2) is 13.9. The van der Waals surface area contributed by atoms with Crippen LogP contribution >= 0.6 is 0 Å². The Morgan fingerprint density at radius 3 is 1.54 bits per heavy atom. The van der Waals surface area contributed by atoms with E-state index in [1.807, 2.05) is 0 Å². The first-order chi connectivity index (χ1) is 31.3. The summed E-state index contributed by atoms with van der Waals surface area (Å²) in [7, 11) is 0. The molecule has 0 amide bonds. The van der Waals surface area contributed by atoms with E-state index in [0.29, 0.717) is 0 Å². The third kappa shape index (κ3) is 5.13. The number of rotatable bonds is 6. The van der Waals surface area contributed by atoms with Crippen molar-refractivity contribution < 1.29 is 0 Å². The molecule has 294 valence electrons. The Bertz CT molecular complexity index is 3520. The summed E-state index contributed by atoms with van der Waals surface area (Å²) in [6.45, 7) is 0. The van der Waals surface area contributed by atoms with Crippen LogP contribution in [0.3, 0.4) is 0 Å². The van der Waals surface area contributed by atoms with Gasteiger partial charge in [-0.3, -0.25) is 0 Å². The summed E-state index contributed by atoms with van der Waals surface area (Å²) in [4.78, 5) is 2.44. The SMILES string of the molecule is c1ccc(-c2ccc(N(c3ccc4c5ccccc5n(-c5cccc6c5-c5ccccc5C65c6ccccc6-c6ccccc65)c4c3)c3ccccc3-c3ccccc3)cc2)cc1. The molecule has 10 aromatic carbocycles. The molecule has 2 heteroatoms. The van der Waals surface area contributed by atoms with E-state index in [4.69, 9.17) is 0 Å². The van der Waals surface area contributed by atoms with Crippen LogP contribution in [0, 0.1) is 0 Å². The largest absolute Gasteiger partial charge is 0.310 e. The molecule has 1 aromatic heterocycles. The van der Waals surface area contributed by atoms with E-state index in [-0.39, 0.29) is 0 Å². The molecule has 0 saturated heterocycles. The molecule has 0 radical (unpaired) electrons. The second-order valence-corrected chi connectivity index (χ2v) is 16.8. The van der Waals surface area contributed by atoms with Gasteiger partial charge in [-0.1, -0.05) is 200 Å². The van der Waals surface area contributed by atoms with Gasteiger partial charge in [0.1, 0.15) is 0 Å². The first-order valence-electron chi connectivity index (χ1n) is 21.9. The summed E-state index contributed by atoms with van der Waals surface area (Å²) in [5.74, 6) is 0. The van der Waals surface area contributed by atoms with Gasteiger partial charge in [0, 0.05) is 33.3 Å². The van der Waals surface area contributed by atoms with Gasteiger partial charge in [0.15, 0.2) is 0 Å². The summed E-state index contributed by atoms with van der Waals surface area (Å²) in [5, 5.41) is 2.46. The molecular formula is C61H40N2. The first kappa shape index (κ1) is 35.5. The highest BCUT2D eigenvalue weighted by atomic mass is 15.1. The lowest BCUT2D eigenvalue weighted by molar-refractivity contribution is 0.793. The highest BCUT2D eigenvalue weighted by Gasteiger charge is 2.52. The van der Waals surface area contributed by atoms with E-state index in [9.17, 15) is 0 Å². The number of anilines is 3. The summed E-state index contributed by atoms with van der Waals surface area (Å²) >= 11 is 0. The third-order valence-corrected chi connectivity index (χ3v) is 13.6. The van der Waals surface area contributed by atoms with Gasteiger partial charge in [-0.05, 0) is 98.1 Å². The quantitative estimate of drug-likeness (QED) is 0.163. The van der Waals surface area contributed by atoms with Gasteiger partial charge >= 0.3 is 0 Å². The fourth-order valence-corrected chi connectivity index (χ4v) is 11.1. The van der Waals surface area contributed by atoms with Crippen molar-refractivity contribution in [3.05, 3.63) is 265 Å². The fraction of sp³-hybridized carbons (Fsp3) is 0.0164. The minimum absolute atomic E-state index is 0.428. The number of hydrogen-bond donors (Lipinski definition) is 0. The first-order valence-corrected chi connectivity index (χ1v) is 21.9. The van der Waals surface area contributed by atoms with E-state index in [0.717, 1.165) is 22.6 Å². The van der Waals surface area contributed by atoms with Crippen LogP contribution in [0.1, 0.15) is 22.3 Å². The third-order valence-electron chi connectivity index (χ3n) is 13.6. The molecule has 0 N–H and O–H groups in total. The molecular weight excluding hydrogens is 761 g/mol. The smallest absolute Gasteiger partial charge is 0.0726 e. The maximum atomic E-state index is 2.54. The van der Waals surface area contributed by atoms with Gasteiger partial charge < -0.3 is 9.47 Å². The molecule has 0 unspecified atom stereocenters. The van der Waals surface area contributed by atoms with Crippen LogP contribution in [0.15, 0.2) is 243 Å². The molecule has 2 aliphatic rings. The normalized spacial score (nSPS) is 12.9. The van der Waals surface area contributed by atoms with Gasteiger partial charge in [0.05, 0.1) is 27.8 Å². The minimum atomic E-state index is -0.428. The van der Waals surface area contributed by atoms with E-state index in [1.165, 1.54) is 88.7 Å². The zero-order chi connectivity index (χ0) is 41.5. The Morgan fingerprint density at radius 1 is 0.317 bits per heavy atom. The lowest BCUT2D eigenvalue weighted by atomic mass is 9.70. The zero-order valence-electron chi connectivity index (χ0n) is 34.5. The van der Waals surface area contributed by atoms with Crippen LogP contribution in [0.25, 0.3) is 72.0 Å². The minimum Gasteiger partial charge on any atom is -0.310 e. The Hall–Kier alpha value is -8.20. The molecule has 2 nitrogen and oxygen atoms in total. The van der Waals surface area contributed by atoms with Gasteiger partial charge in [0.25, 0.3) is 0 Å². The van der Waals surface area contributed by atoms with Gasteiger partial charge in [0.2, 0.25) is 0 Å². The zero-order valence-corrected chi connectivity index (χ0v) is 34.5. The van der Waals surface area contributed by atoms with Crippen LogP contribution in [0.4, 0.5) is 17.1 Å². The van der Waals surface area contributed by atoms with Crippen molar-refractivity contribution in [2.75, 3.05) is 4.90 Å². The highest BCUT2D eigenvalue weighted by molar-refractivity contribution is 6.12. The van der Waals surface area contributed by atoms with Crippen molar-refractivity contribution in [1.82, 2.24) is 4.57 Å².